The van der Waals surface area contributed by atoms with Crippen molar-refractivity contribution in [1.29, 1.82) is 0 Å². The lowest BCUT2D eigenvalue weighted by Crippen LogP contribution is -1.97. The highest BCUT2D eigenvalue weighted by Gasteiger charge is 1.94. The smallest absolute Gasteiger partial charge is 0.225 e. The zero-order valence-electron chi connectivity index (χ0n) is 6.11. The maximum absolute atomic E-state index is 5.26. The minimum Gasteiger partial charge on any atom is -0.440 e. The molecule has 0 fully saturated rings. The van der Waals surface area contributed by atoms with Crippen LogP contribution in [0.2, 0.25) is 0 Å². The van der Waals surface area contributed by atoms with Crippen molar-refractivity contribution < 1.29 is 4.74 Å². The molecule has 0 aliphatic rings. The first-order valence-electron chi connectivity index (χ1n) is 3.14. The molecule has 0 aliphatic heterocycles. The zero-order valence-corrected chi connectivity index (χ0v) is 7.74. The highest BCUT2D eigenvalue weighted by Crippen LogP contribution is 2.11. The lowest BCUT2D eigenvalue weighted by Gasteiger charge is -2.02. The average molecular weight is 184 g/mol. The predicted molar refractivity (Wildman–Crippen MR) is 53.2 cm³/mol. The second-order valence-corrected chi connectivity index (χ2v) is 3.28. The number of thiocarbonyl (C=S) groups is 1. The van der Waals surface area contributed by atoms with Crippen LogP contribution in [0, 0.1) is 0 Å². The fourth-order valence-corrected chi connectivity index (χ4v) is 0.902. The Bertz CT molecular complexity index is 233. The standard InChI is InChI=1S/C8H8OS2/c1-11-8(10)9-7-5-3-2-4-6-7/h2-6H,1H3. The summed E-state index contributed by atoms with van der Waals surface area (Å²) in [5.41, 5.74) is 0. The van der Waals surface area contributed by atoms with E-state index in [2.05, 4.69) is 0 Å². The number of rotatable bonds is 1. The molecule has 0 aliphatic carbocycles. The van der Waals surface area contributed by atoms with Gasteiger partial charge in [0.15, 0.2) is 0 Å². The van der Waals surface area contributed by atoms with Crippen LogP contribution in [-0.2, 0) is 0 Å². The molecular formula is C8H8OS2. The summed E-state index contributed by atoms with van der Waals surface area (Å²) in [7, 11) is 0. The molecule has 1 aromatic carbocycles. The summed E-state index contributed by atoms with van der Waals surface area (Å²) in [6.07, 6.45) is 1.89. The molecule has 1 aromatic rings. The fourth-order valence-electron chi connectivity index (χ4n) is 0.626. The molecule has 0 radical (unpaired) electrons. The van der Waals surface area contributed by atoms with E-state index in [-0.39, 0.29) is 0 Å². The zero-order chi connectivity index (χ0) is 8.10. The van der Waals surface area contributed by atoms with E-state index in [4.69, 9.17) is 17.0 Å². The maximum atomic E-state index is 5.26. The Hall–Kier alpha value is -0.540. The van der Waals surface area contributed by atoms with E-state index in [9.17, 15) is 0 Å². The lowest BCUT2D eigenvalue weighted by molar-refractivity contribution is 0.579. The van der Waals surface area contributed by atoms with Crippen molar-refractivity contribution in [2.75, 3.05) is 6.26 Å². The van der Waals surface area contributed by atoms with Crippen molar-refractivity contribution in [3.63, 3.8) is 0 Å². The van der Waals surface area contributed by atoms with E-state index >= 15 is 0 Å². The second kappa shape index (κ2) is 4.36. The van der Waals surface area contributed by atoms with Crippen molar-refractivity contribution >= 4 is 28.4 Å². The van der Waals surface area contributed by atoms with Crippen LogP contribution in [0.3, 0.4) is 0 Å². The van der Waals surface area contributed by atoms with Crippen LogP contribution in [0.15, 0.2) is 30.3 Å². The number of hydrogen-bond acceptors (Lipinski definition) is 3. The van der Waals surface area contributed by atoms with Gasteiger partial charge in [0, 0.05) is 0 Å². The van der Waals surface area contributed by atoms with Gasteiger partial charge in [0.1, 0.15) is 5.75 Å². The number of para-hydroxylation sites is 1. The van der Waals surface area contributed by atoms with Crippen LogP contribution in [-0.4, -0.2) is 10.6 Å². The summed E-state index contributed by atoms with van der Waals surface area (Å²) in [6.45, 7) is 0. The summed E-state index contributed by atoms with van der Waals surface area (Å²) in [5, 5.41) is 0. The highest BCUT2D eigenvalue weighted by atomic mass is 32.2. The van der Waals surface area contributed by atoms with Gasteiger partial charge in [-0.25, -0.2) is 0 Å². The molecule has 0 N–H and O–H groups in total. The van der Waals surface area contributed by atoms with Gasteiger partial charge in [-0.2, -0.15) is 0 Å². The summed E-state index contributed by atoms with van der Waals surface area (Å²) in [4.78, 5) is 0. The Morgan fingerprint density at radius 1 is 1.36 bits per heavy atom. The van der Waals surface area contributed by atoms with Crippen LogP contribution in [0.25, 0.3) is 0 Å². The molecule has 0 saturated heterocycles. The van der Waals surface area contributed by atoms with E-state index in [0.717, 1.165) is 5.75 Å². The molecule has 1 nitrogen and oxygen atoms in total. The topological polar surface area (TPSA) is 9.23 Å². The molecule has 0 spiro atoms. The van der Waals surface area contributed by atoms with Gasteiger partial charge in [-0.15, -0.1) is 0 Å². The quantitative estimate of drug-likeness (QED) is 0.621. The van der Waals surface area contributed by atoms with Gasteiger partial charge in [-0.1, -0.05) is 30.0 Å². The van der Waals surface area contributed by atoms with Crippen molar-refractivity contribution in [3.8, 4) is 5.75 Å². The lowest BCUT2D eigenvalue weighted by atomic mass is 10.3. The van der Waals surface area contributed by atoms with Crippen molar-refractivity contribution in [2.24, 2.45) is 0 Å². The molecule has 0 unspecified atom stereocenters. The number of benzene rings is 1. The largest absolute Gasteiger partial charge is 0.440 e. The Labute approximate surface area is 75.8 Å². The van der Waals surface area contributed by atoms with Gasteiger partial charge in [0.05, 0.1) is 0 Å². The first-order chi connectivity index (χ1) is 5.33. The Morgan fingerprint density at radius 3 is 2.55 bits per heavy atom. The highest BCUT2D eigenvalue weighted by molar-refractivity contribution is 8.22. The SMILES string of the molecule is CSC(=S)Oc1ccccc1. The monoisotopic (exact) mass is 184 g/mol. The van der Waals surface area contributed by atoms with E-state index in [1.807, 2.05) is 36.6 Å². The second-order valence-electron chi connectivity index (χ2n) is 1.87. The third-order valence-corrected chi connectivity index (χ3v) is 2.11. The number of ether oxygens (including phenoxy) is 1. The van der Waals surface area contributed by atoms with Crippen molar-refractivity contribution in [1.82, 2.24) is 0 Å². The number of hydrogen-bond donors (Lipinski definition) is 0. The fraction of sp³-hybridized carbons (Fsp3) is 0.125. The molecule has 0 aromatic heterocycles. The molecule has 0 bridgehead atoms. The first kappa shape index (κ1) is 8.56. The average Bonchev–Trinajstić information content (AvgIpc) is 2.06. The van der Waals surface area contributed by atoms with Gasteiger partial charge < -0.3 is 4.74 Å². The van der Waals surface area contributed by atoms with Gasteiger partial charge in [-0.3, -0.25) is 0 Å². The maximum Gasteiger partial charge on any atom is 0.225 e. The molecular weight excluding hydrogens is 176 g/mol. The van der Waals surface area contributed by atoms with Gasteiger partial charge >= 0.3 is 0 Å². The van der Waals surface area contributed by atoms with Crippen LogP contribution in [0.1, 0.15) is 0 Å². The van der Waals surface area contributed by atoms with E-state index in [1.165, 1.54) is 11.8 Å². The normalized spacial score (nSPS) is 9.18. The summed E-state index contributed by atoms with van der Waals surface area (Å²) < 4.78 is 5.81. The van der Waals surface area contributed by atoms with E-state index in [1.54, 1.807) is 0 Å². The molecule has 3 heteroatoms. The third kappa shape index (κ3) is 2.91. The van der Waals surface area contributed by atoms with Crippen LogP contribution < -0.4 is 4.74 Å². The Balaban J connectivity index is 2.58. The number of thioether (sulfide) groups is 1. The van der Waals surface area contributed by atoms with Crippen LogP contribution >= 0.6 is 24.0 Å². The summed E-state index contributed by atoms with van der Waals surface area (Å²) in [6, 6.07) is 9.52. The predicted octanol–water partition coefficient (Wildman–Crippen LogP) is 2.71. The molecule has 0 amide bonds. The van der Waals surface area contributed by atoms with Crippen molar-refractivity contribution in [2.45, 2.75) is 0 Å². The third-order valence-electron chi connectivity index (χ3n) is 1.11. The van der Waals surface area contributed by atoms with Crippen LogP contribution in [0.5, 0.6) is 5.75 Å². The molecule has 11 heavy (non-hydrogen) atoms. The van der Waals surface area contributed by atoms with E-state index in [0.29, 0.717) is 4.38 Å². The molecule has 1 rings (SSSR count). The minimum atomic E-state index is 0.552. The first-order valence-corrected chi connectivity index (χ1v) is 4.77. The summed E-state index contributed by atoms with van der Waals surface area (Å²) in [5.74, 6) is 0.798. The minimum absolute atomic E-state index is 0.552. The molecule has 0 heterocycles. The van der Waals surface area contributed by atoms with E-state index < -0.39 is 0 Å². The van der Waals surface area contributed by atoms with Gasteiger partial charge in [0.25, 0.3) is 0 Å². The van der Waals surface area contributed by atoms with Crippen molar-refractivity contribution in [3.05, 3.63) is 30.3 Å². The molecule has 0 atom stereocenters. The van der Waals surface area contributed by atoms with Crippen LogP contribution in [0.4, 0.5) is 0 Å². The molecule has 58 valence electrons. The van der Waals surface area contributed by atoms with Gasteiger partial charge in [0.2, 0.25) is 4.38 Å². The molecule has 0 saturated carbocycles. The van der Waals surface area contributed by atoms with Gasteiger partial charge in [-0.05, 0) is 30.6 Å². The Kier molecular flexibility index (Phi) is 3.39. The Morgan fingerprint density at radius 2 is 2.00 bits per heavy atom. The summed E-state index contributed by atoms with van der Waals surface area (Å²) >= 11 is 6.31.